The van der Waals surface area contributed by atoms with Crippen LogP contribution in [0.15, 0.2) is 0 Å². The molecule has 0 saturated carbocycles. The molecular weight excluding hydrogens is 156 g/mol. The van der Waals surface area contributed by atoms with Crippen molar-refractivity contribution in [1.29, 1.82) is 0 Å². The first-order valence-electron chi connectivity index (χ1n) is 2.41. The lowest BCUT2D eigenvalue weighted by Crippen LogP contribution is -2.29. The van der Waals surface area contributed by atoms with Crippen LogP contribution >= 0.6 is 15.9 Å². The van der Waals surface area contributed by atoms with Gasteiger partial charge in [-0.15, -0.1) is 0 Å². The zero-order chi connectivity index (χ0) is 5.28. The lowest BCUT2D eigenvalue weighted by molar-refractivity contribution is 0.300. The maximum absolute atomic E-state index is 3.47. The van der Waals surface area contributed by atoms with Crippen LogP contribution in [0.5, 0.6) is 0 Å². The van der Waals surface area contributed by atoms with Crippen molar-refractivity contribution in [1.82, 2.24) is 10.4 Å². The largest absolute Gasteiger partial charge is 0.254 e. The van der Waals surface area contributed by atoms with E-state index >= 15 is 0 Å². The van der Waals surface area contributed by atoms with Crippen molar-refractivity contribution in [2.75, 3.05) is 13.6 Å². The van der Waals surface area contributed by atoms with E-state index in [1.165, 1.54) is 6.42 Å². The molecule has 1 N–H and O–H groups in total. The van der Waals surface area contributed by atoms with Gasteiger partial charge in [-0.25, -0.2) is 5.01 Å². The molecule has 0 aromatic rings. The topological polar surface area (TPSA) is 15.3 Å². The Hall–Kier alpha value is 0.400. The number of rotatable bonds is 0. The number of hydrazine groups is 1. The standard InChI is InChI=1S/C4H9BrN2/c1-7-4(5)2-3-6-7/h4,6H,2-3H2,1H3. The molecule has 0 bridgehead atoms. The molecule has 2 nitrogen and oxygen atoms in total. The lowest BCUT2D eigenvalue weighted by Gasteiger charge is -2.10. The number of halogens is 1. The number of nitrogens with zero attached hydrogens (tertiary/aromatic N) is 1. The maximum atomic E-state index is 3.47. The van der Waals surface area contributed by atoms with Crippen molar-refractivity contribution in [3.8, 4) is 0 Å². The van der Waals surface area contributed by atoms with E-state index in [0.717, 1.165) is 6.54 Å². The van der Waals surface area contributed by atoms with Gasteiger partial charge in [-0.05, 0) is 6.42 Å². The minimum Gasteiger partial charge on any atom is -0.254 e. The van der Waals surface area contributed by atoms with Gasteiger partial charge in [-0.1, -0.05) is 15.9 Å². The summed E-state index contributed by atoms with van der Waals surface area (Å²) < 4.78 is 0. The van der Waals surface area contributed by atoms with Gasteiger partial charge in [0.2, 0.25) is 0 Å². The molecule has 1 aliphatic rings. The summed E-state index contributed by atoms with van der Waals surface area (Å²) >= 11 is 3.47. The van der Waals surface area contributed by atoms with Crippen molar-refractivity contribution in [3.05, 3.63) is 0 Å². The number of hydrogen-bond donors (Lipinski definition) is 1. The minimum absolute atomic E-state index is 0.549. The SMILES string of the molecule is CN1NCCC1Br. The second-order valence-electron chi connectivity index (χ2n) is 1.74. The van der Waals surface area contributed by atoms with E-state index in [1.807, 2.05) is 7.05 Å². The fourth-order valence-electron chi connectivity index (χ4n) is 0.653. The molecule has 0 amide bonds. The van der Waals surface area contributed by atoms with Crippen LogP contribution in [0.1, 0.15) is 6.42 Å². The van der Waals surface area contributed by atoms with E-state index in [4.69, 9.17) is 0 Å². The third kappa shape index (κ3) is 1.15. The number of nitrogens with one attached hydrogen (secondary N) is 1. The molecule has 1 fully saturated rings. The van der Waals surface area contributed by atoms with Crippen LogP contribution in [-0.4, -0.2) is 23.6 Å². The summed E-state index contributed by atoms with van der Waals surface area (Å²) in [6.45, 7) is 1.10. The number of hydrogen-bond acceptors (Lipinski definition) is 2. The molecule has 0 aromatic carbocycles. The highest BCUT2D eigenvalue weighted by Crippen LogP contribution is 2.11. The van der Waals surface area contributed by atoms with Crippen LogP contribution < -0.4 is 5.43 Å². The van der Waals surface area contributed by atoms with Crippen molar-refractivity contribution in [2.45, 2.75) is 11.4 Å². The van der Waals surface area contributed by atoms with Gasteiger partial charge in [-0.2, -0.15) is 0 Å². The van der Waals surface area contributed by atoms with E-state index in [2.05, 4.69) is 26.4 Å². The van der Waals surface area contributed by atoms with E-state index in [0.29, 0.717) is 4.95 Å². The second-order valence-corrected chi connectivity index (χ2v) is 2.80. The Balaban J connectivity index is 2.33. The summed E-state index contributed by atoms with van der Waals surface area (Å²) in [4.78, 5) is 0.549. The fourth-order valence-corrected chi connectivity index (χ4v) is 1.03. The second kappa shape index (κ2) is 2.11. The van der Waals surface area contributed by atoms with Gasteiger partial charge < -0.3 is 0 Å². The van der Waals surface area contributed by atoms with E-state index in [-0.39, 0.29) is 0 Å². The predicted molar refractivity (Wildman–Crippen MR) is 33.1 cm³/mol. The molecule has 0 spiro atoms. The highest BCUT2D eigenvalue weighted by molar-refractivity contribution is 9.09. The summed E-state index contributed by atoms with van der Waals surface area (Å²) in [5.41, 5.74) is 3.16. The average Bonchev–Trinajstić information content (AvgIpc) is 1.91. The first-order valence-corrected chi connectivity index (χ1v) is 3.32. The van der Waals surface area contributed by atoms with E-state index < -0.39 is 0 Å². The Kier molecular flexibility index (Phi) is 1.67. The zero-order valence-electron chi connectivity index (χ0n) is 4.32. The van der Waals surface area contributed by atoms with Crippen LogP contribution in [-0.2, 0) is 0 Å². The van der Waals surface area contributed by atoms with Crippen LogP contribution in [0.4, 0.5) is 0 Å². The number of alkyl halides is 1. The van der Waals surface area contributed by atoms with Gasteiger partial charge >= 0.3 is 0 Å². The molecule has 0 aliphatic carbocycles. The molecule has 7 heavy (non-hydrogen) atoms. The summed E-state index contributed by atoms with van der Waals surface area (Å²) in [7, 11) is 2.03. The monoisotopic (exact) mass is 164 g/mol. The summed E-state index contributed by atoms with van der Waals surface area (Å²) in [6, 6.07) is 0. The Morgan fingerprint density at radius 2 is 2.57 bits per heavy atom. The summed E-state index contributed by atoms with van der Waals surface area (Å²) in [5, 5.41) is 2.07. The molecule has 1 rings (SSSR count). The fraction of sp³-hybridized carbons (Fsp3) is 1.00. The van der Waals surface area contributed by atoms with Crippen LogP contribution in [0.3, 0.4) is 0 Å². The molecule has 1 saturated heterocycles. The molecular formula is C4H9BrN2. The molecule has 3 heteroatoms. The third-order valence-electron chi connectivity index (χ3n) is 1.16. The lowest BCUT2D eigenvalue weighted by atomic mass is 10.5. The van der Waals surface area contributed by atoms with Gasteiger partial charge in [0.1, 0.15) is 0 Å². The molecule has 1 heterocycles. The molecule has 1 unspecified atom stereocenters. The highest BCUT2D eigenvalue weighted by Gasteiger charge is 2.15. The first-order chi connectivity index (χ1) is 3.30. The molecule has 0 radical (unpaired) electrons. The van der Waals surface area contributed by atoms with Gasteiger partial charge in [0.15, 0.2) is 0 Å². The van der Waals surface area contributed by atoms with Crippen molar-refractivity contribution >= 4 is 15.9 Å². The molecule has 1 atom stereocenters. The van der Waals surface area contributed by atoms with Gasteiger partial charge in [0.05, 0.1) is 4.95 Å². The van der Waals surface area contributed by atoms with E-state index in [9.17, 15) is 0 Å². The van der Waals surface area contributed by atoms with Crippen LogP contribution in [0, 0.1) is 0 Å². The van der Waals surface area contributed by atoms with Crippen molar-refractivity contribution in [2.24, 2.45) is 0 Å². The minimum atomic E-state index is 0.549. The molecule has 1 aliphatic heterocycles. The van der Waals surface area contributed by atoms with Gasteiger partial charge in [-0.3, -0.25) is 5.43 Å². The summed E-state index contributed by atoms with van der Waals surface area (Å²) in [5.74, 6) is 0. The smallest absolute Gasteiger partial charge is 0.0803 e. The van der Waals surface area contributed by atoms with Crippen molar-refractivity contribution in [3.63, 3.8) is 0 Å². The molecule has 0 aromatic heterocycles. The van der Waals surface area contributed by atoms with Crippen molar-refractivity contribution < 1.29 is 0 Å². The Bertz CT molecular complexity index is 58.7. The van der Waals surface area contributed by atoms with E-state index in [1.54, 1.807) is 0 Å². The Morgan fingerprint density at radius 3 is 2.71 bits per heavy atom. The average molecular weight is 165 g/mol. The Labute approximate surface area is 52.0 Å². The highest BCUT2D eigenvalue weighted by atomic mass is 79.9. The van der Waals surface area contributed by atoms with Crippen LogP contribution in [0.25, 0.3) is 0 Å². The van der Waals surface area contributed by atoms with Gasteiger partial charge in [0.25, 0.3) is 0 Å². The quantitative estimate of drug-likeness (QED) is 0.416. The maximum Gasteiger partial charge on any atom is 0.0803 e. The normalized spacial score (nSPS) is 34.3. The molecule has 42 valence electrons. The first kappa shape index (κ1) is 5.54. The zero-order valence-corrected chi connectivity index (χ0v) is 5.90. The van der Waals surface area contributed by atoms with Gasteiger partial charge in [0, 0.05) is 13.6 Å². The van der Waals surface area contributed by atoms with Crippen LogP contribution in [0.2, 0.25) is 0 Å². The summed E-state index contributed by atoms with van der Waals surface area (Å²) in [6.07, 6.45) is 1.20. The Morgan fingerprint density at radius 1 is 1.86 bits per heavy atom. The third-order valence-corrected chi connectivity index (χ3v) is 2.24. The predicted octanol–water partition coefficient (Wildman–Crippen LogP) is 0.548.